The summed E-state index contributed by atoms with van der Waals surface area (Å²) in [5.74, 6) is -0.940. The van der Waals surface area contributed by atoms with E-state index in [9.17, 15) is 4.79 Å². The second kappa shape index (κ2) is 4.72. The van der Waals surface area contributed by atoms with Crippen LogP contribution in [0.2, 0.25) is 0 Å². The minimum absolute atomic E-state index is 0.747. The average molecular weight is 209 g/mol. The maximum absolute atomic E-state index is 10.2. The quantitative estimate of drug-likeness (QED) is 0.455. The number of carboxylic acids is 1. The number of benzene rings is 1. The number of hydrogen-bond donors (Lipinski definition) is 2. The van der Waals surface area contributed by atoms with Gasteiger partial charge in [-0.25, -0.2) is 4.79 Å². The Hall–Kier alpha value is -1.42. The summed E-state index contributed by atoms with van der Waals surface area (Å²) in [4.78, 5) is 11.2. The minimum Gasteiger partial charge on any atom is -0.478 e. The molecule has 0 bridgehead atoms. The first kappa shape index (κ1) is 10.7. The number of aliphatic carboxylic acids is 1. The lowest BCUT2D eigenvalue weighted by Crippen LogP contribution is -1.88. The van der Waals surface area contributed by atoms with Gasteiger partial charge in [-0.1, -0.05) is 11.8 Å². The highest BCUT2D eigenvalue weighted by molar-refractivity contribution is 8.02. The minimum atomic E-state index is -0.940. The molecule has 1 aromatic carbocycles. The van der Waals surface area contributed by atoms with Crippen molar-refractivity contribution < 1.29 is 9.90 Å². The van der Waals surface area contributed by atoms with Gasteiger partial charge in [0.05, 0.1) is 0 Å². The zero-order valence-electron chi connectivity index (χ0n) is 7.73. The summed E-state index contributed by atoms with van der Waals surface area (Å²) in [6.07, 6.45) is 1.11. The van der Waals surface area contributed by atoms with Crippen LogP contribution in [0.4, 0.5) is 5.69 Å². The molecule has 1 aromatic rings. The van der Waals surface area contributed by atoms with Crippen LogP contribution < -0.4 is 5.73 Å². The van der Waals surface area contributed by atoms with Gasteiger partial charge in [0.25, 0.3) is 0 Å². The summed E-state index contributed by atoms with van der Waals surface area (Å²) in [5, 5.41) is 9.91. The van der Waals surface area contributed by atoms with Crippen molar-refractivity contribution >= 4 is 23.4 Å². The second-order valence-electron chi connectivity index (χ2n) is 2.78. The van der Waals surface area contributed by atoms with Crippen LogP contribution in [-0.4, -0.2) is 11.1 Å². The Labute approximate surface area is 86.6 Å². The van der Waals surface area contributed by atoms with E-state index in [1.165, 1.54) is 17.2 Å². The van der Waals surface area contributed by atoms with Crippen molar-refractivity contribution in [1.29, 1.82) is 0 Å². The van der Waals surface area contributed by atoms with E-state index in [-0.39, 0.29) is 0 Å². The van der Waals surface area contributed by atoms with Crippen LogP contribution in [0.3, 0.4) is 0 Å². The summed E-state index contributed by atoms with van der Waals surface area (Å²) in [6.45, 7) is 1.92. The van der Waals surface area contributed by atoms with Crippen LogP contribution in [0, 0.1) is 6.92 Å². The zero-order valence-corrected chi connectivity index (χ0v) is 8.54. The molecule has 0 fully saturated rings. The molecule has 0 amide bonds. The molecule has 0 spiro atoms. The van der Waals surface area contributed by atoms with E-state index in [2.05, 4.69) is 0 Å². The Morgan fingerprint density at radius 2 is 2.29 bits per heavy atom. The lowest BCUT2D eigenvalue weighted by molar-refractivity contribution is -0.131. The van der Waals surface area contributed by atoms with Gasteiger partial charge in [0.15, 0.2) is 0 Å². The molecule has 0 saturated heterocycles. The van der Waals surface area contributed by atoms with E-state index in [0.29, 0.717) is 0 Å². The number of hydrogen-bond acceptors (Lipinski definition) is 3. The molecule has 0 saturated carbocycles. The number of thioether (sulfide) groups is 1. The highest BCUT2D eigenvalue weighted by Gasteiger charge is 1.95. The van der Waals surface area contributed by atoms with E-state index in [1.807, 2.05) is 25.1 Å². The van der Waals surface area contributed by atoms with E-state index in [1.54, 1.807) is 0 Å². The first-order valence-electron chi connectivity index (χ1n) is 4.02. The normalized spacial score (nSPS) is 10.6. The number of aryl methyl sites for hydroxylation is 1. The Kier molecular flexibility index (Phi) is 3.59. The Morgan fingerprint density at radius 1 is 1.57 bits per heavy atom. The summed E-state index contributed by atoms with van der Waals surface area (Å²) in [7, 11) is 0. The maximum Gasteiger partial charge on any atom is 0.328 e. The van der Waals surface area contributed by atoms with Gasteiger partial charge in [0.2, 0.25) is 0 Å². The average Bonchev–Trinajstić information content (AvgIpc) is 2.10. The number of anilines is 1. The molecule has 3 N–H and O–H groups in total. The zero-order chi connectivity index (χ0) is 10.6. The van der Waals surface area contributed by atoms with Gasteiger partial charge in [0, 0.05) is 16.7 Å². The maximum atomic E-state index is 10.2. The smallest absolute Gasteiger partial charge is 0.328 e. The number of nitrogen functional groups attached to an aromatic ring is 1. The molecule has 4 heteroatoms. The third kappa shape index (κ3) is 3.14. The number of nitrogens with two attached hydrogens (primary N) is 1. The first-order chi connectivity index (χ1) is 6.59. The molecule has 0 aliphatic carbocycles. The highest BCUT2D eigenvalue weighted by Crippen LogP contribution is 2.22. The SMILES string of the molecule is Cc1cc(SC=CC(=O)O)ccc1N. The van der Waals surface area contributed by atoms with Crippen molar-refractivity contribution in [1.82, 2.24) is 0 Å². The topological polar surface area (TPSA) is 63.3 Å². The van der Waals surface area contributed by atoms with Crippen molar-refractivity contribution in [3.8, 4) is 0 Å². The van der Waals surface area contributed by atoms with Gasteiger partial charge in [-0.2, -0.15) is 0 Å². The molecule has 3 nitrogen and oxygen atoms in total. The van der Waals surface area contributed by atoms with E-state index < -0.39 is 5.97 Å². The Balaban J connectivity index is 2.69. The largest absolute Gasteiger partial charge is 0.478 e. The fourth-order valence-electron chi connectivity index (χ4n) is 0.892. The number of carboxylic acid groups (broad SMARTS) is 1. The fourth-order valence-corrected chi connectivity index (χ4v) is 1.63. The fraction of sp³-hybridized carbons (Fsp3) is 0.100. The lowest BCUT2D eigenvalue weighted by atomic mass is 10.2. The molecule has 0 heterocycles. The predicted octanol–water partition coefficient (Wildman–Crippen LogP) is 2.27. The lowest BCUT2D eigenvalue weighted by Gasteiger charge is -2.01. The van der Waals surface area contributed by atoms with Crippen molar-refractivity contribution in [2.45, 2.75) is 11.8 Å². The van der Waals surface area contributed by atoms with Crippen molar-refractivity contribution in [3.63, 3.8) is 0 Å². The molecule has 1 rings (SSSR count). The third-order valence-corrected chi connectivity index (χ3v) is 2.45. The Bertz CT molecular complexity index is 374. The van der Waals surface area contributed by atoms with Gasteiger partial charge >= 0.3 is 5.97 Å². The van der Waals surface area contributed by atoms with Gasteiger partial charge in [-0.3, -0.25) is 0 Å². The van der Waals surface area contributed by atoms with Gasteiger partial charge in [0.1, 0.15) is 0 Å². The van der Waals surface area contributed by atoms with Crippen LogP contribution in [-0.2, 0) is 4.79 Å². The van der Waals surface area contributed by atoms with Crippen molar-refractivity contribution in [2.24, 2.45) is 0 Å². The third-order valence-electron chi connectivity index (χ3n) is 1.66. The monoisotopic (exact) mass is 209 g/mol. The van der Waals surface area contributed by atoms with Crippen LogP contribution in [0.25, 0.3) is 0 Å². The summed E-state index contributed by atoms with van der Waals surface area (Å²) < 4.78 is 0. The second-order valence-corrected chi connectivity index (χ2v) is 3.76. The van der Waals surface area contributed by atoms with Gasteiger partial charge < -0.3 is 10.8 Å². The molecule has 0 unspecified atom stereocenters. The van der Waals surface area contributed by atoms with Crippen molar-refractivity contribution in [3.05, 3.63) is 35.2 Å². The standard InChI is InChI=1S/C10H11NO2S/c1-7-6-8(2-3-9(7)11)14-5-4-10(12)13/h2-6H,11H2,1H3,(H,12,13). The van der Waals surface area contributed by atoms with Crippen LogP contribution in [0.1, 0.15) is 5.56 Å². The molecule has 0 aliphatic heterocycles. The first-order valence-corrected chi connectivity index (χ1v) is 4.90. The van der Waals surface area contributed by atoms with E-state index >= 15 is 0 Å². The molecule has 14 heavy (non-hydrogen) atoms. The van der Waals surface area contributed by atoms with Crippen LogP contribution in [0.15, 0.2) is 34.6 Å². The van der Waals surface area contributed by atoms with Gasteiger partial charge in [-0.05, 0) is 36.1 Å². The molecule has 74 valence electrons. The molecular formula is C10H11NO2S. The molecule has 0 aliphatic rings. The molecular weight excluding hydrogens is 198 g/mol. The summed E-state index contributed by atoms with van der Waals surface area (Å²) in [5.41, 5.74) is 7.39. The Morgan fingerprint density at radius 3 is 2.86 bits per heavy atom. The number of rotatable bonds is 3. The van der Waals surface area contributed by atoms with E-state index in [0.717, 1.165) is 22.2 Å². The van der Waals surface area contributed by atoms with Gasteiger partial charge in [-0.15, -0.1) is 0 Å². The van der Waals surface area contributed by atoms with E-state index in [4.69, 9.17) is 10.8 Å². The summed E-state index contributed by atoms with van der Waals surface area (Å²) >= 11 is 1.35. The predicted molar refractivity (Wildman–Crippen MR) is 58.2 cm³/mol. The molecule has 0 aromatic heterocycles. The molecule has 0 atom stereocenters. The summed E-state index contributed by atoms with van der Waals surface area (Å²) in [6, 6.07) is 5.59. The van der Waals surface area contributed by atoms with Crippen molar-refractivity contribution in [2.75, 3.05) is 5.73 Å². The van der Waals surface area contributed by atoms with Crippen LogP contribution in [0.5, 0.6) is 0 Å². The van der Waals surface area contributed by atoms with Crippen LogP contribution >= 0.6 is 11.8 Å². The number of carbonyl (C=O) groups is 1. The highest BCUT2D eigenvalue weighted by atomic mass is 32.2. The molecule has 0 radical (unpaired) electrons.